The van der Waals surface area contributed by atoms with Crippen molar-refractivity contribution in [1.29, 1.82) is 0 Å². The number of nitrogens with one attached hydrogen (secondary N) is 1. The fourth-order valence-corrected chi connectivity index (χ4v) is 2.16. The molecular weight excluding hydrogens is 369 g/mol. The van der Waals surface area contributed by atoms with E-state index in [0.29, 0.717) is 13.0 Å². The van der Waals surface area contributed by atoms with Crippen molar-refractivity contribution in [3.8, 4) is 0 Å². The molecule has 0 bridgehead atoms. The molecule has 0 saturated carbocycles. The number of hydrogen-bond acceptors (Lipinski definition) is 6. The second-order valence-electron chi connectivity index (χ2n) is 5.46. The minimum absolute atomic E-state index is 0.125. The van der Waals surface area contributed by atoms with Gasteiger partial charge in [-0.15, -0.1) is 0 Å². The van der Waals surface area contributed by atoms with Crippen LogP contribution in [0.3, 0.4) is 0 Å². The zero-order chi connectivity index (χ0) is 20.7. The lowest BCUT2D eigenvalue weighted by atomic mass is 9.98. The maximum Gasteiger partial charge on any atom is 0.343 e. The van der Waals surface area contributed by atoms with Crippen molar-refractivity contribution in [2.45, 2.75) is 33.6 Å². The minimum Gasteiger partial charge on any atom is -0.462 e. The molecule has 1 N–H and O–H groups in total. The Bertz CT molecular complexity index is 794. The summed E-state index contributed by atoms with van der Waals surface area (Å²) < 4.78 is 46.8. The lowest BCUT2D eigenvalue weighted by molar-refractivity contribution is -0.388. The molecule has 0 saturated heterocycles. The normalized spacial score (nSPS) is 11.3. The molecule has 0 spiro atoms. The van der Waals surface area contributed by atoms with Crippen LogP contribution in [0, 0.1) is 34.5 Å². The standard InChI is InChI=1S/C17H19F3N2O5/c1-4-6-7-21-8-10(17(24)27-5-2)16(23)11-12(18)9(3)13(19)14(20)15(11)22(25)26/h8,21H,4-7H2,1-3H3/b10-8+. The highest BCUT2D eigenvalue weighted by Crippen LogP contribution is 2.32. The first-order valence-electron chi connectivity index (χ1n) is 8.15. The van der Waals surface area contributed by atoms with E-state index in [4.69, 9.17) is 4.74 Å². The Morgan fingerprint density at radius 2 is 1.81 bits per heavy atom. The second-order valence-corrected chi connectivity index (χ2v) is 5.46. The number of ketones is 1. The average molecular weight is 388 g/mol. The van der Waals surface area contributed by atoms with Crippen LogP contribution in [0.1, 0.15) is 42.6 Å². The van der Waals surface area contributed by atoms with Gasteiger partial charge in [0.25, 0.3) is 0 Å². The lowest BCUT2D eigenvalue weighted by Gasteiger charge is -2.11. The summed E-state index contributed by atoms with van der Waals surface area (Å²) in [5.41, 5.74) is -4.69. The highest BCUT2D eigenvalue weighted by Gasteiger charge is 2.37. The molecule has 0 radical (unpaired) electrons. The molecule has 148 valence electrons. The number of hydrogen-bond donors (Lipinski definition) is 1. The monoisotopic (exact) mass is 388 g/mol. The van der Waals surface area contributed by atoms with E-state index in [9.17, 15) is 32.9 Å². The number of Topliss-reactive ketones (excluding diaryl/α,β-unsaturated/α-hetero) is 1. The molecule has 0 aromatic heterocycles. The predicted molar refractivity (Wildman–Crippen MR) is 89.7 cm³/mol. The molecule has 0 amide bonds. The topological polar surface area (TPSA) is 98.5 Å². The van der Waals surface area contributed by atoms with Gasteiger partial charge in [-0.3, -0.25) is 14.9 Å². The molecule has 10 heteroatoms. The number of ether oxygens (including phenoxy) is 1. The maximum atomic E-state index is 14.4. The molecule has 0 aliphatic carbocycles. The highest BCUT2D eigenvalue weighted by atomic mass is 19.2. The number of nitrogens with zero attached hydrogens (tertiary/aromatic N) is 1. The second kappa shape index (κ2) is 9.70. The maximum absolute atomic E-state index is 14.4. The van der Waals surface area contributed by atoms with Gasteiger partial charge in [0.15, 0.2) is 5.82 Å². The van der Waals surface area contributed by atoms with Crippen LogP contribution in [0.4, 0.5) is 18.9 Å². The molecule has 1 rings (SSSR count). The molecule has 0 heterocycles. The molecular formula is C17H19F3N2O5. The largest absolute Gasteiger partial charge is 0.462 e. The van der Waals surface area contributed by atoms with Crippen molar-refractivity contribution in [1.82, 2.24) is 5.32 Å². The van der Waals surface area contributed by atoms with Crippen LogP contribution >= 0.6 is 0 Å². The summed E-state index contributed by atoms with van der Waals surface area (Å²) in [6.07, 6.45) is 2.40. The van der Waals surface area contributed by atoms with E-state index in [1.165, 1.54) is 6.92 Å². The van der Waals surface area contributed by atoms with Gasteiger partial charge in [0.2, 0.25) is 11.6 Å². The van der Waals surface area contributed by atoms with Gasteiger partial charge in [0.1, 0.15) is 17.0 Å². The van der Waals surface area contributed by atoms with E-state index in [-0.39, 0.29) is 6.61 Å². The first kappa shape index (κ1) is 22.1. The minimum atomic E-state index is -1.98. The van der Waals surface area contributed by atoms with Crippen molar-refractivity contribution in [3.05, 3.63) is 50.5 Å². The Kier molecular flexibility index (Phi) is 7.95. The SMILES string of the molecule is CCCCN/C=C(/C(=O)OCC)C(=O)c1c(F)c(C)c(F)c(F)c1[N+](=O)[O-]. The number of carbonyl (C=O) groups excluding carboxylic acids is 2. The van der Waals surface area contributed by atoms with E-state index >= 15 is 0 Å². The van der Waals surface area contributed by atoms with E-state index in [1.807, 2.05) is 6.92 Å². The summed E-state index contributed by atoms with van der Waals surface area (Å²) in [5.74, 6) is -8.04. The quantitative estimate of drug-likeness (QED) is 0.0802. The zero-order valence-corrected chi connectivity index (χ0v) is 15.0. The molecule has 1 aromatic rings. The lowest BCUT2D eigenvalue weighted by Crippen LogP contribution is -2.23. The molecule has 1 aromatic carbocycles. The van der Waals surface area contributed by atoms with Gasteiger partial charge >= 0.3 is 11.7 Å². The number of benzene rings is 1. The summed E-state index contributed by atoms with van der Waals surface area (Å²) >= 11 is 0. The Hall–Kier alpha value is -2.91. The smallest absolute Gasteiger partial charge is 0.343 e. The van der Waals surface area contributed by atoms with Crippen molar-refractivity contribution in [2.75, 3.05) is 13.2 Å². The van der Waals surface area contributed by atoms with Crippen LogP contribution in [0.25, 0.3) is 0 Å². The number of halogens is 3. The first-order chi connectivity index (χ1) is 12.7. The summed E-state index contributed by atoms with van der Waals surface area (Å²) in [5, 5.41) is 13.8. The summed E-state index contributed by atoms with van der Waals surface area (Å²) in [6, 6.07) is 0. The zero-order valence-electron chi connectivity index (χ0n) is 15.0. The van der Waals surface area contributed by atoms with Gasteiger partial charge in [-0.2, -0.15) is 4.39 Å². The van der Waals surface area contributed by atoms with Crippen LogP contribution in [0.2, 0.25) is 0 Å². The number of carbonyl (C=O) groups is 2. The molecule has 0 fully saturated rings. The fourth-order valence-electron chi connectivity index (χ4n) is 2.16. The van der Waals surface area contributed by atoms with E-state index in [0.717, 1.165) is 19.5 Å². The third-order valence-corrected chi connectivity index (χ3v) is 3.59. The Morgan fingerprint density at radius 3 is 2.33 bits per heavy atom. The van der Waals surface area contributed by atoms with Crippen LogP contribution in [-0.2, 0) is 9.53 Å². The van der Waals surface area contributed by atoms with Gasteiger partial charge in [-0.05, 0) is 20.3 Å². The van der Waals surface area contributed by atoms with Gasteiger partial charge in [-0.1, -0.05) is 13.3 Å². The number of unbranched alkanes of at least 4 members (excludes halogenated alkanes) is 1. The van der Waals surface area contributed by atoms with E-state index in [2.05, 4.69) is 5.32 Å². The number of esters is 1. The molecule has 0 aliphatic rings. The molecule has 0 unspecified atom stereocenters. The van der Waals surface area contributed by atoms with Crippen molar-refractivity contribution in [3.63, 3.8) is 0 Å². The summed E-state index contributed by atoms with van der Waals surface area (Å²) in [6.45, 7) is 4.40. The Labute approximate surface area is 153 Å². The van der Waals surface area contributed by atoms with Gasteiger partial charge in [-0.25, -0.2) is 13.6 Å². The Morgan fingerprint density at radius 1 is 1.19 bits per heavy atom. The van der Waals surface area contributed by atoms with Gasteiger partial charge < -0.3 is 10.1 Å². The predicted octanol–water partition coefficient (Wildman–Crippen LogP) is 3.34. The van der Waals surface area contributed by atoms with Gasteiger partial charge in [0, 0.05) is 18.3 Å². The summed E-state index contributed by atoms with van der Waals surface area (Å²) in [4.78, 5) is 34.4. The molecule has 7 nitrogen and oxygen atoms in total. The third kappa shape index (κ3) is 4.83. The summed E-state index contributed by atoms with van der Waals surface area (Å²) in [7, 11) is 0. The number of rotatable bonds is 9. The van der Waals surface area contributed by atoms with Crippen molar-refractivity contribution >= 4 is 17.4 Å². The Balaban J connectivity index is 3.57. The molecule has 27 heavy (non-hydrogen) atoms. The van der Waals surface area contributed by atoms with Crippen LogP contribution < -0.4 is 5.32 Å². The van der Waals surface area contributed by atoms with E-state index in [1.54, 1.807) is 0 Å². The fraction of sp³-hybridized carbons (Fsp3) is 0.412. The number of nitro groups is 1. The number of nitro benzene ring substituents is 1. The highest BCUT2D eigenvalue weighted by molar-refractivity contribution is 6.25. The van der Waals surface area contributed by atoms with Crippen LogP contribution in [0.15, 0.2) is 11.8 Å². The van der Waals surface area contributed by atoms with Crippen LogP contribution in [0.5, 0.6) is 0 Å². The third-order valence-electron chi connectivity index (χ3n) is 3.59. The first-order valence-corrected chi connectivity index (χ1v) is 8.15. The average Bonchev–Trinajstić information content (AvgIpc) is 2.62. The molecule has 0 aliphatic heterocycles. The van der Waals surface area contributed by atoms with Crippen LogP contribution in [-0.4, -0.2) is 29.8 Å². The van der Waals surface area contributed by atoms with Gasteiger partial charge in [0.05, 0.1) is 11.5 Å². The molecule has 0 atom stereocenters. The van der Waals surface area contributed by atoms with Crippen molar-refractivity contribution < 1.29 is 32.4 Å². The van der Waals surface area contributed by atoms with Crippen molar-refractivity contribution in [2.24, 2.45) is 0 Å². The van der Waals surface area contributed by atoms with E-state index < -0.39 is 56.5 Å².